The van der Waals surface area contributed by atoms with Crippen LogP contribution in [0.3, 0.4) is 0 Å². The monoisotopic (exact) mass is 186 g/mol. The van der Waals surface area contributed by atoms with Gasteiger partial charge in [-0.15, -0.1) is 0 Å². The number of ether oxygens (including phenoxy) is 2. The molecule has 3 atom stereocenters. The van der Waals surface area contributed by atoms with Crippen molar-refractivity contribution in [3.8, 4) is 0 Å². The highest BCUT2D eigenvalue weighted by Crippen LogP contribution is 2.56. The number of rotatable bonds is 0. The van der Waals surface area contributed by atoms with Gasteiger partial charge in [-0.3, -0.25) is 0 Å². The lowest BCUT2D eigenvalue weighted by Gasteiger charge is -2.39. The summed E-state index contributed by atoms with van der Waals surface area (Å²) in [6.45, 7) is 8.41. The molecule has 3 nitrogen and oxygen atoms in total. The lowest BCUT2D eigenvalue weighted by Crippen LogP contribution is -2.52. The molecule has 0 saturated carbocycles. The molecular weight excluding hydrogens is 168 g/mol. The van der Waals surface area contributed by atoms with Crippen LogP contribution in [0.15, 0.2) is 0 Å². The molecule has 0 spiro atoms. The molecule has 2 rings (SSSR count). The van der Waals surface area contributed by atoms with Crippen molar-refractivity contribution in [2.75, 3.05) is 6.61 Å². The van der Waals surface area contributed by atoms with E-state index in [2.05, 4.69) is 0 Å². The highest BCUT2D eigenvalue weighted by atomic mass is 16.7. The van der Waals surface area contributed by atoms with Crippen molar-refractivity contribution >= 4 is 0 Å². The predicted molar refractivity (Wildman–Crippen MR) is 48.3 cm³/mol. The number of hydrogen-bond donors (Lipinski definition) is 1. The van der Waals surface area contributed by atoms with E-state index >= 15 is 0 Å². The molecule has 13 heavy (non-hydrogen) atoms. The molecule has 3 heteroatoms. The van der Waals surface area contributed by atoms with Gasteiger partial charge in [-0.1, -0.05) is 6.92 Å². The molecule has 2 heterocycles. The summed E-state index contributed by atoms with van der Waals surface area (Å²) in [4.78, 5) is 0. The van der Waals surface area contributed by atoms with E-state index in [-0.39, 0.29) is 11.7 Å². The van der Waals surface area contributed by atoms with E-state index < -0.39 is 11.2 Å². The Bertz CT molecular complexity index is 232. The van der Waals surface area contributed by atoms with Gasteiger partial charge in [-0.2, -0.15) is 0 Å². The lowest BCUT2D eigenvalue weighted by molar-refractivity contribution is -0.166. The van der Waals surface area contributed by atoms with Gasteiger partial charge in [0.2, 0.25) is 0 Å². The fourth-order valence-electron chi connectivity index (χ4n) is 2.39. The molecule has 3 unspecified atom stereocenters. The summed E-state index contributed by atoms with van der Waals surface area (Å²) in [7, 11) is 0. The molecule has 0 aromatic rings. The van der Waals surface area contributed by atoms with Crippen LogP contribution in [0.25, 0.3) is 0 Å². The molecule has 76 valence electrons. The quantitative estimate of drug-likeness (QED) is 0.619. The highest BCUT2D eigenvalue weighted by molar-refractivity contribution is 5.12. The average molecular weight is 186 g/mol. The molecule has 0 radical (unpaired) electrons. The Kier molecular flexibility index (Phi) is 1.65. The van der Waals surface area contributed by atoms with Gasteiger partial charge in [0.15, 0.2) is 6.29 Å². The van der Waals surface area contributed by atoms with Crippen LogP contribution in [-0.4, -0.2) is 29.2 Å². The second-order valence-electron chi connectivity index (χ2n) is 5.07. The molecule has 2 saturated heterocycles. The third kappa shape index (κ3) is 0.901. The maximum atomic E-state index is 10.4. The highest BCUT2D eigenvalue weighted by Gasteiger charge is 2.67. The Balaban J connectivity index is 2.42. The standard InChI is InChI=1S/C10H18O3/c1-8(2)10(4,11)9(3)5-6-12-7(9)13-8/h7,11H,5-6H2,1-4H3. The molecule has 0 bridgehead atoms. The van der Waals surface area contributed by atoms with Gasteiger partial charge in [-0.05, 0) is 27.2 Å². The smallest absolute Gasteiger partial charge is 0.166 e. The largest absolute Gasteiger partial charge is 0.386 e. The van der Waals surface area contributed by atoms with Crippen LogP contribution in [0.4, 0.5) is 0 Å². The van der Waals surface area contributed by atoms with Gasteiger partial charge in [0.1, 0.15) is 5.60 Å². The Morgan fingerprint density at radius 1 is 1.23 bits per heavy atom. The summed E-state index contributed by atoms with van der Waals surface area (Å²) >= 11 is 0. The van der Waals surface area contributed by atoms with E-state index in [0.29, 0.717) is 6.61 Å². The van der Waals surface area contributed by atoms with E-state index in [9.17, 15) is 5.11 Å². The van der Waals surface area contributed by atoms with Gasteiger partial charge in [0, 0.05) is 0 Å². The molecule has 2 aliphatic heterocycles. The molecule has 2 fully saturated rings. The van der Waals surface area contributed by atoms with Crippen LogP contribution in [-0.2, 0) is 9.47 Å². The zero-order valence-electron chi connectivity index (χ0n) is 8.76. The third-order valence-corrected chi connectivity index (χ3v) is 4.10. The summed E-state index contributed by atoms with van der Waals surface area (Å²) in [5.41, 5.74) is -1.59. The Labute approximate surface area is 79.0 Å². The topological polar surface area (TPSA) is 38.7 Å². The Morgan fingerprint density at radius 3 is 2.38 bits per heavy atom. The fourth-order valence-corrected chi connectivity index (χ4v) is 2.39. The van der Waals surface area contributed by atoms with Gasteiger partial charge < -0.3 is 14.6 Å². The zero-order valence-corrected chi connectivity index (χ0v) is 8.76. The molecule has 0 amide bonds. The Hall–Kier alpha value is -0.120. The summed E-state index contributed by atoms with van der Waals surface area (Å²) in [6, 6.07) is 0. The maximum absolute atomic E-state index is 10.4. The SMILES string of the molecule is CC1(C)OC2OCCC2(C)C1(C)O. The van der Waals surface area contributed by atoms with Crippen molar-refractivity contribution < 1.29 is 14.6 Å². The van der Waals surface area contributed by atoms with Crippen LogP contribution in [0.5, 0.6) is 0 Å². The molecule has 0 aliphatic carbocycles. The summed E-state index contributed by atoms with van der Waals surface area (Å²) in [6.07, 6.45) is 0.631. The molecular formula is C10H18O3. The van der Waals surface area contributed by atoms with Crippen molar-refractivity contribution in [3.63, 3.8) is 0 Å². The van der Waals surface area contributed by atoms with Crippen LogP contribution < -0.4 is 0 Å². The minimum Gasteiger partial charge on any atom is -0.386 e. The minimum atomic E-state index is -0.818. The predicted octanol–water partition coefficient (Wildman–Crippen LogP) is 1.30. The van der Waals surface area contributed by atoms with E-state index in [1.54, 1.807) is 0 Å². The van der Waals surface area contributed by atoms with Gasteiger partial charge in [-0.25, -0.2) is 0 Å². The van der Waals surface area contributed by atoms with E-state index in [0.717, 1.165) is 6.42 Å². The van der Waals surface area contributed by atoms with Gasteiger partial charge in [0.25, 0.3) is 0 Å². The second kappa shape index (κ2) is 2.27. The van der Waals surface area contributed by atoms with E-state index in [1.807, 2.05) is 27.7 Å². The van der Waals surface area contributed by atoms with E-state index in [1.165, 1.54) is 0 Å². The first kappa shape index (κ1) is 9.44. The van der Waals surface area contributed by atoms with Crippen LogP contribution in [0.1, 0.15) is 34.1 Å². The lowest BCUT2D eigenvalue weighted by atomic mass is 9.68. The van der Waals surface area contributed by atoms with Crippen molar-refractivity contribution in [3.05, 3.63) is 0 Å². The second-order valence-corrected chi connectivity index (χ2v) is 5.07. The van der Waals surface area contributed by atoms with Gasteiger partial charge >= 0.3 is 0 Å². The molecule has 0 aromatic carbocycles. The first-order chi connectivity index (χ1) is 5.81. The fraction of sp³-hybridized carbons (Fsp3) is 1.00. The summed E-state index contributed by atoms with van der Waals surface area (Å²) < 4.78 is 11.2. The number of aliphatic hydroxyl groups is 1. The van der Waals surface area contributed by atoms with Crippen LogP contribution >= 0.6 is 0 Å². The zero-order chi connectivity index (χ0) is 9.91. The minimum absolute atomic E-state index is 0.238. The van der Waals surface area contributed by atoms with Crippen LogP contribution in [0.2, 0.25) is 0 Å². The molecule has 1 N–H and O–H groups in total. The van der Waals surface area contributed by atoms with Crippen LogP contribution in [0, 0.1) is 5.41 Å². The third-order valence-electron chi connectivity index (χ3n) is 4.10. The van der Waals surface area contributed by atoms with Gasteiger partial charge in [0.05, 0.1) is 17.6 Å². The maximum Gasteiger partial charge on any atom is 0.166 e. The normalized spacial score (nSPS) is 53.8. The van der Waals surface area contributed by atoms with Crippen molar-refractivity contribution in [1.29, 1.82) is 0 Å². The van der Waals surface area contributed by atoms with E-state index in [4.69, 9.17) is 9.47 Å². The first-order valence-corrected chi connectivity index (χ1v) is 4.83. The molecule has 0 aromatic heterocycles. The summed E-state index contributed by atoms with van der Waals surface area (Å²) in [5, 5.41) is 10.4. The number of hydrogen-bond acceptors (Lipinski definition) is 3. The average Bonchev–Trinajstić information content (AvgIpc) is 2.37. The van der Waals surface area contributed by atoms with Crippen molar-refractivity contribution in [2.45, 2.75) is 51.6 Å². The summed E-state index contributed by atoms with van der Waals surface area (Å²) in [5.74, 6) is 0. The molecule has 2 aliphatic rings. The van der Waals surface area contributed by atoms with Crippen molar-refractivity contribution in [1.82, 2.24) is 0 Å². The first-order valence-electron chi connectivity index (χ1n) is 4.83. The van der Waals surface area contributed by atoms with Crippen molar-refractivity contribution in [2.24, 2.45) is 5.41 Å². The number of fused-ring (bicyclic) bond motifs is 1. The Morgan fingerprint density at radius 2 is 1.85 bits per heavy atom.